The van der Waals surface area contributed by atoms with E-state index in [1.807, 2.05) is 36.4 Å². The molecule has 1 aliphatic rings. The molecule has 1 amide bonds. The van der Waals surface area contributed by atoms with E-state index >= 15 is 0 Å². The Balaban J connectivity index is 1.35. The Kier molecular flexibility index (Phi) is 5.81. The van der Waals surface area contributed by atoms with Gasteiger partial charge in [-0.05, 0) is 34.4 Å². The molecule has 0 spiro atoms. The topological polar surface area (TPSA) is 38.3 Å². The lowest BCUT2D eigenvalue weighted by molar-refractivity contribution is 0.144. The van der Waals surface area contributed by atoms with Crippen LogP contribution in [-0.4, -0.2) is 19.2 Å². The van der Waals surface area contributed by atoms with Crippen molar-refractivity contribution < 1.29 is 18.3 Å². The number of nitrogens with one attached hydrogen (secondary N) is 1. The highest BCUT2D eigenvalue weighted by Gasteiger charge is 2.28. The lowest BCUT2D eigenvalue weighted by Gasteiger charge is -2.14. The van der Waals surface area contributed by atoms with Gasteiger partial charge in [-0.25, -0.2) is 13.6 Å². The van der Waals surface area contributed by atoms with Gasteiger partial charge in [0, 0.05) is 23.0 Å². The molecule has 1 aliphatic carbocycles. The summed E-state index contributed by atoms with van der Waals surface area (Å²) in [5, 5.41) is 2.54. The highest BCUT2D eigenvalue weighted by atomic mass is 35.5. The summed E-state index contributed by atoms with van der Waals surface area (Å²) < 4.78 is 32.9. The smallest absolute Gasteiger partial charge is 0.407 e. The van der Waals surface area contributed by atoms with E-state index in [-0.39, 0.29) is 29.7 Å². The van der Waals surface area contributed by atoms with Gasteiger partial charge in [-0.3, -0.25) is 0 Å². The quantitative estimate of drug-likeness (QED) is 0.530. The van der Waals surface area contributed by atoms with E-state index in [0.29, 0.717) is 0 Å². The average Bonchev–Trinajstić information content (AvgIpc) is 3.05. The molecular formula is C24H18ClF2NO2. The van der Waals surface area contributed by atoms with Crippen LogP contribution in [0.25, 0.3) is 17.2 Å². The van der Waals surface area contributed by atoms with Crippen molar-refractivity contribution in [3.8, 4) is 11.1 Å². The first kappa shape index (κ1) is 20.1. The fourth-order valence-electron chi connectivity index (χ4n) is 3.68. The fourth-order valence-corrected chi connectivity index (χ4v) is 3.87. The first-order chi connectivity index (χ1) is 14.5. The molecule has 0 atom stereocenters. The second-order valence-corrected chi connectivity index (χ2v) is 7.33. The average molecular weight is 426 g/mol. The number of hydrogen-bond donors (Lipinski definition) is 1. The summed E-state index contributed by atoms with van der Waals surface area (Å²) in [7, 11) is 0. The fraction of sp³-hybridized carbons (Fsp3) is 0.125. The standard InChI is InChI=1S/C24H18ClF2NO2/c25-15-12-22(26)20(23(27)13-15)10-5-11-28-24(29)30-14-21-18-8-3-1-6-16(18)17-7-2-4-9-19(17)21/h1-10,12-13,21H,11,14H2,(H,28,29). The van der Waals surface area contributed by atoms with Crippen molar-refractivity contribution in [2.24, 2.45) is 0 Å². The molecule has 6 heteroatoms. The molecule has 152 valence electrons. The number of ether oxygens (including phenoxy) is 1. The van der Waals surface area contributed by atoms with Crippen LogP contribution in [0.1, 0.15) is 22.6 Å². The predicted octanol–water partition coefficient (Wildman–Crippen LogP) is 6.17. The van der Waals surface area contributed by atoms with Crippen LogP contribution in [-0.2, 0) is 4.74 Å². The third-order valence-corrected chi connectivity index (χ3v) is 5.25. The molecule has 4 rings (SSSR count). The Morgan fingerprint density at radius 3 is 2.17 bits per heavy atom. The number of carbonyl (C=O) groups excluding carboxylic acids is 1. The molecule has 0 aliphatic heterocycles. The molecule has 0 bridgehead atoms. The van der Waals surface area contributed by atoms with E-state index in [2.05, 4.69) is 17.4 Å². The SMILES string of the molecule is O=C(NCC=Cc1c(F)cc(Cl)cc1F)OCC1c2ccccc2-c2ccccc21. The number of carbonyl (C=O) groups is 1. The molecule has 0 unspecified atom stereocenters. The van der Waals surface area contributed by atoms with Crippen LogP contribution < -0.4 is 5.32 Å². The number of benzene rings is 3. The monoisotopic (exact) mass is 425 g/mol. The summed E-state index contributed by atoms with van der Waals surface area (Å²) in [5.74, 6) is -1.56. The van der Waals surface area contributed by atoms with Gasteiger partial charge in [-0.1, -0.05) is 72.3 Å². The van der Waals surface area contributed by atoms with Gasteiger partial charge in [0.25, 0.3) is 0 Å². The number of amides is 1. The van der Waals surface area contributed by atoms with E-state index < -0.39 is 17.7 Å². The van der Waals surface area contributed by atoms with Crippen molar-refractivity contribution in [1.82, 2.24) is 5.32 Å². The van der Waals surface area contributed by atoms with Gasteiger partial charge in [0.15, 0.2) is 0 Å². The first-order valence-corrected chi connectivity index (χ1v) is 9.82. The van der Waals surface area contributed by atoms with Crippen molar-refractivity contribution >= 4 is 23.8 Å². The number of halogens is 3. The van der Waals surface area contributed by atoms with Crippen molar-refractivity contribution in [3.05, 3.63) is 100 Å². The summed E-state index contributed by atoms with van der Waals surface area (Å²) in [6.45, 7) is 0.266. The van der Waals surface area contributed by atoms with Crippen molar-refractivity contribution in [3.63, 3.8) is 0 Å². The van der Waals surface area contributed by atoms with Crippen LogP contribution in [0.5, 0.6) is 0 Å². The van der Waals surface area contributed by atoms with Gasteiger partial charge in [0.1, 0.15) is 18.2 Å². The molecule has 3 aromatic rings. The minimum atomic E-state index is -0.766. The van der Waals surface area contributed by atoms with E-state index in [1.54, 1.807) is 0 Å². The zero-order valence-corrected chi connectivity index (χ0v) is 16.6. The number of rotatable bonds is 5. The summed E-state index contributed by atoms with van der Waals surface area (Å²) in [5.41, 5.74) is 4.34. The number of fused-ring (bicyclic) bond motifs is 3. The minimum absolute atomic E-state index is 0.0149. The van der Waals surface area contributed by atoms with E-state index in [4.69, 9.17) is 16.3 Å². The van der Waals surface area contributed by atoms with Crippen molar-refractivity contribution in [1.29, 1.82) is 0 Å². The highest BCUT2D eigenvalue weighted by Crippen LogP contribution is 2.44. The normalized spacial score (nSPS) is 12.6. The molecule has 0 fully saturated rings. The Hall–Kier alpha value is -3.18. The second-order valence-electron chi connectivity index (χ2n) is 6.89. The summed E-state index contributed by atoms with van der Waals surface area (Å²) in [4.78, 5) is 12.1. The van der Waals surface area contributed by atoms with Crippen LogP contribution >= 0.6 is 11.6 Å². The molecule has 3 nitrogen and oxygen atoms in total. The third kappa shape index (κ3) is 4.07. The van der Waals surface area contributed by atoms with Crippen LogP contribution in [0.2, 0.25) is 5.02 Å². The molecule has 3 aromatic carbocycles. The maximum Gasteiger partial charge on any atom is 0.407 e. The van der Waals surface area contributed by atoms with Gasteiger partial charge in [-0.2, -0.15) is 0 Å². The van der Waals surface area contributed by atoms with E-state index in [9.17, 15) is 13.6 Å². The van der Waals surface area contributed by atoms with Gasteiger partial charge in [0.2, 0.25) is 0 Å². The number of alkyl carbamates (subject to hydrolysis) is 1. The molecule has 0 saturated carbocycles. The maximum absolute atomic E-state index is 13.7. The molecular weight excluding hydrogens is 408 g/mol. The molecule has 0 heterocycles. The minimum Gasteiger partial charge on any atom is -0.449 e. The van der Waals surface area contributed by atoms with Gasteiger partial charge < -0.3 is 10.1 Å². The third-order valence-electron chi connectivity index (χ3n) is 5.04. The van der Waals surface area contributed by atoms with Crippen LogP contribution in [0.4, 0.5) is 13.6 Å². The van der Waals surface area contributed by atoms with Gasteiger partial charge in [-0.15, -0.1) is 0 Å². The Labute approximate surface area is 177 Å². The zero-order valence-electron chi connectivity index (χ0n) is 15.9. The number of hydrogen-bond acceptors (Lipinski definition) is 2. The van der Waals surface area contributed by atoms with E-state index in [1.165, 1.54) is 12.2 Å². The summed E-state index contributed by atoms with van der Waals surface area (Å²) in [6.07, 6.45) is 2.10. The highest BCUT2D eigenvalue weighted by molar-refractivity contribution is 6.30. The molecule has 0 aromatic heterocycles. The second kappa shape index (κ2) is 8.67. The van der Waals surface area contributed by atoms with E-state index in [0.717, 1.165) is 34.4 Å². The summed E-state index contributed by atoms with van der Waals surface area (Å²) in [6, 6.07) is 18.2. The molecule has 0 saturated heterocycles. The van der Waals surface area contributed by atoms with Gasteiger partial charge >= 0.3 is 6.09 Å². The van der Waals surface area contributed by atoms with Gasteiger partial charge in [0.05, 0.1) is 0 Å². The largest absolute Gasteiger partial charge is 0.449 e. The molecule has 30 heavy (non-hydrogen) atoms. The Morgan fingerprint density at radius 2 is 1.57 bits per heavy atom. The van der Waals surface area contributed by atoms with Crippen LogP contribution in [0.15, 0.2) is 66.7 Å². The lowest BCUT2D eigenvalue weighted by Crippen LogP contribution is -2.26. The lowest BCUT2D eigenvalue weighted by atomic mass is 9.98. The van der Waals surface area contributed by atoms with Crippen molar-refractivity contribution in [2.75, 3.05) is 13.2 Å². The van der Waals surface area contributed by atoms with Crippen LogP contribution in [0.3, 0.4) is 0 Å². The Morgan fingerprint density at radius 1 is 1.00 bits per heavy atom. The van der Waals surface area contributed by atoms with Crippen LogP contribution in [0, 0.1) is 11.6 Å². The first-order valence-electron chi connectivity index (χ1n) is 9.44. The maximum atomic E-state index is 13.7. The predicted molar refractivity (Wildman–Crippen MR) is 113 cm³/mol. The summed E-state index contributed by atoms with van der Waals surface area (Å²) >= 11 is 5.60. The molecule has 0 radical (unpaired) electrons. The van der Waals surface area contributed by atoms with Crippen molar-refractivity contribution in [2.45, 2.75) is 5.92 Å². The Bertz CT molecular complexity index is 1060. The molecule has 1 N–H and O–H groups in total. The zero-order chi connectivity index (χ0) is 21.1.